The van der Waals surface area contributed by atoms with Crippen LogP contribution in [0.5, 0.6) is 0 Å². The molecule has 0 N–H and O–H groups in total. The van der Waals surface area contributed by atoms with Gasteiger partial charge in [-0.25, -0.2) is 9.97 Å². The van der Waals surface area contributed by atoms with Crippen molar-refractivity contribution in [2.45, 2.75) is 0 Å². The summed E-state index contributed by atoms with van der Waals surface area (Å²) in [5, 5.41) is 1.80. The fraction of sp³-hybridized carbons (Fsp3) is 0. The third kappa shape index (κ3) is 3.89. The minimum absolute atomic E-state index is 0.0736. The van der Waals surface area contributed by atoms with Gasteiger partial charge in [-0.05, 0) is 36.3 Å². The Morgan fingerprint density at radius 3 is 2.23 bits per heavy atom. The van der Waals surface area contributed by atoms with E-state index in [2.05, 4.69) is 0 Å². The van der Waals surface area contributed by atoms with Gasteiger partial charge >= 0.3 is 0 Å². The molecule has 9 rings (SSSR count). The van der Waals surface area contributed by atoms with E-state index in [9.17, 15) is 2.74 Å². The summed E-state index contributed by atoms with van der Waals surface area (Å²) < 4.78 is 109. The Hall–Kier alpha value is -5.58. The number of aromatic nitrogens is 3. The Balaban J connectivity index is 1.49. The normalized spacial score (nSPS) is 15.5. The van der Waals surface area contributed by atoms with Crippen LogP contribution in [-0.4, -0.2) is 14.5 Å². The predicted molar refractivity (Wildman–Crippen MR) is 186 cm³/mol. The van der Waals surface area contributed by atoms with E-state index >= 15 is 0 Å². The smallest absolute Gasteiger partial charge is 0.161 e. The summed E-state index contributed by atoms with van der Waals surface area (Å²) in [7, 11) is 0. The van der Waals surface area contributed by atoms with Crippen LogP contribution < -0.4 is 0 Å². The van der Waals surface area contributed by atoms with Gasteiger partial charge in [0.15, 0.2) is 5.82 Å². The van der Waals surface area contributed by atoms with Crippen LogP contribution in [-0.2, 0) is 0 Å². The molecule has 0 aliphatic heterocycles. The number of hydrogen-bond donors (Lipinski definition) is 0. The zero-order valence-electron chi connectivity index (χ0n) is 34.8. The number of benzene rings is 6. The van der Waals surface area contributed by atoms with E-state index in [0.29, 0.717) is 17.0 Å². The Bertz CT molecular complexity index is 3150. The number of hydrogen-bond acceptors (Lipinski definition) is 3. The highest BCUT2D eigenvalue weighted by Crippen LogP contribution is 2.42. The van der Waals surface area contributed by atoms with Gasteiger partial charge in [0.05, 0.1) is 38.9 Å². The highest BCUT2D eigenvalue weighted by Gasteiger charge is 2.20. The molecule has 4 heteroatoms. The lowest BCUT2D eigenvalue weighted by Gasteiger charge is -2.11. The fourth-order valence-electron chi connectivity index (χ4n) is 5.72. The first-order valence-electron chi connectivity index (χ1n) is 19.8. The molecule has 0 fully saturated rings. The number of fused-ring (bicyclic) bond motifs is 6. The van der Waals surface area contributed by atoms with Crippen molar-refractivity contribution in [3.05, 3.63) is 151 Å². The minimum atomic E-state index is -0.703. The first kappa shape index (κ1) is 15.8. The van der Waals surface area contributed by atoms with Crippen molar-refractivity contribution in [1.29, 1.82) is 0 Å². The molecule has 0 aliphatic rings. The van der Waals surface area contributed by atoms with Crippen LogP contribution >= 0.6 is 11.3 Å². The van der Waals surface area contributed by atoms with Gasteiger partial charge in [0.25, 0.3) is 0 Å². The second kappa shape index (κ2) is 10.0. The fourth-order valence-corrected chi connectivity index (χ4v) is 6.95. The molecule has 0 amide bonds. The number of para-hydroxylation sites is 2. The van der Waals surface area contributed by atoms with Crippen LogP contribution in [0.3, 0.4) is 0 Å². The maximum absolute atomic E-state index is 9.35. The zero-order valence-corrected chi connectivity index (χ0v) is 23.6. The Kier molecular flexibility index (Phi) is 3.59. The molecule has 0 atom stereocenters. The average Bonchev–Trinajstić information content (AvgIpc) is 3.77. The van der Waals surface area contributed by atoms with Crippen molar-refractivity contribution in [2.75, 3.05) is 0 Å². The van der Waals surface area contributed by atoms with Gasteiger partial charge in [-0.1, -0.05) is 115 Å². The topological polar surface area (TPSA) is 30.7 Å². The largest absolute Gasteiger partial charge is 0.309 e. The van der Waals surface area contributed by atoms with E-state index in [-0.39, 0.29) is 33.2 Å². The highest BCUT2D eigenvalue weighted by molar-refractivity contribution is 7.26. The molecule has 0 spiro atoms. The van der Waals surface area contributed by atoms with E-state index in [1.54, 1.807) is 11.3 Å². The van der Waals surface area contributed by atoms with Crippen molar-refractivity contribution >= 4 is 53.3 Å². The standard InChI is InChI=1S/C40H25N3S/c1-3-13-26(14-4-1)33-25-34(30-20-11-19-29-28-17-8-10-24-37(28)44-39(29)30)42-40(41-33)32-21-12-23-36-38(32)31-18-7-9-22-35(31)43(36)27-15-5-2-6-16-27/h1-25H/i2D,5D,6D,7D,9D,12D,15D,16D,18D,21D,22D,23D. The van der Waals surface area contributed by atoms with Crippen LogP contribution in [0.15, 0.2) is 151 Å². The third-order valence-electron chi connectivity index (χ3n) is 7.63. The van der Waals surface area contributed by atoms with Crippen molar-refractivity contribution in [3.63, 3.8) is 0 Å². The zero-order chi connectivity index (χ0) is 39.5. The lowest BCUT2D eigenvalue weighted by atomic mass is 10.0. The second-order valence-corrected chi connectivity index (χ2v) is 11.2. The summed E-state index contributed by atoms with van der Waals surface area (Å²) in [6, 6.07) is 17.4. The van der Waals surface area contributed by atoms with Gasteiger partial charge in [-0.15, -0.1) is 11.3 Å². The molecule has 206 valence electrons. The molecule has 0 saturated heterocycles. The SMILES string of the molecule is [2H]c1c([2H])c([2H])c(-n2c3c([2H])c([2H])c([2H])c([2H])c3c3c(-c4nc(-c5ccccc5)cc(-c5cccc6c5sc5ccccc56)n4)c([2H])c([2H])c([2H])c32)c([2H])c1[2H]. The molecule has 3 nitrogen and oxygen atoms in total. The second-order valence-electron chi connectivity index (χ2n) is 10.1. The van der Waals surface area contributed by atoms with E-state index < -0.39 is 78.2 Å². The summed E-state index contributed by atoms with van der Waals surface area (Å²) in [6.45, 7) is 0. The Labute approximate surface area is 275 Å². The summed E-state index contributed by atoms with van der Waals surface area (Å²) in [6.07, 6.45) is 0. The van der Waals surface area contributed by atoms with Crippen LogP contribution in [0.4, 0.5) is 0 Å². The van der Waals surface area contributed by atoms with Crippen molar-refractivity contribution in [2.24, 2.45) is 0 Å². The molecule has 3 aromatic heterocycles. The van der Waals surface area contributed by atoms with Gasteiger partial charge in [0.2, 0.25) is 0 Å². The first-order valence-corrected chi connectivity index (χ1v) is 14.6. The quantitative estimate of drug-likeness (QED) is 0.204. The molecule has 3 heterocycles. The molecule has 0 saturated carbocycles. The molecule has 0 radical (unpaired) electrons. The summed E-state index contributed by atoms with van der Waals surface area (Å²) >= 11 is 1.59. The van der Waals surface area contributed by atoms with E-state index in [0.717, 1.165) is 30.3 Å². The molecule has 0 bridgehead atoms. The summed E-state index contributed by atoms with van der Waals surface area (Å²) in [5.74, 6) is -0.0736. The van der Waals surface area contributed by atoms with Crippen LogP contribution in [0.1, 0.15) is 16.4 Å². The Morgan fingerprint density at radius 2 is 1.32 bits per heavy atom. The first-order chi connectivity index (χ1) is 26.8. The van der Waals surface area contributed by atoms with Crippen molar-refractivity contribution < 1.29 is 16.4 Å². The van der Waals surface area contributed by atoms with E-state index in [1.165, 1.54) is 0 Å². The number of rotatable bonds is 4. The van der Waals surface area contributed by atoms with E-state index in [4.69, 9.17) is 23.7 Å². The molecular formula is C40H25N3S. The monoisotopic (exact) mass is 591 g/mol. The lowest BCUT2D eigenvalue weighted by Crippen LogP contribution is -1.97. The molecule has 44 heavy (non-hydrogen) atoms. The number of nitrogens with zero attached hydrogens (tertiary/aromatic N) is 3. The molecule has 0 aliphatic carbocycles. The van der Waals surface area contributed by atoms with Gasteiger partial charge in [-0.3, -0.25) is 0 Å². The van der Waals surface area contributed by atoms with Crippen molar-refractivity contribution in [1.82, 2.24) is 14.5 Å². The summed E-state index contributed by atoms with van der Waals surface area (Å²) in [4.78, 5) is 9.96. The van der Waals surface area contributed by atoms with Crippen LogP contribution in [0.2, 0.25) is 0 Å². The van der Waals surface area contributed by atoms with Gasteiger partial charge in [-0.2, -0.15) is 0 Å². The molecule has 6 aromatic carbocycles. The van der Waals surface area contributed by atoms with Gasteiger partial charge in [0, 0.05) is 53.3 Å². The van der Waals surface area contributed by atoms with Gasteiger partial charge < -0.3 is 4.57 Å². The number of thiophene rings is 1. The van der Waals surface area contributed by atoms with Crippen molar-refractivity contribution in [3.8, 4) is 39.6 Å². The summed E-state index contributed by atoms with van der Waals surface area (Å²) in [5.41, 5.74) is 1.24. The highest BCUT2D eigenvalue weighted by atomic mass is 32.1. The lowest BCUT2D eigenvalue weighted by molar-refractivity contribution is 1.17. The maximum atomic E-state index is 9.35. The van der Waals surface area contributed by atoms with Crippen LogP contribution in [0, 0.1) is 0 Å². The van der Waals surface area contributed by atoms with E-state index in [1.807, 2.05) is 78.9 Å². The third-order valence-corrected chi connectivity index (χ3v) is 8.85. The maximum Gasteiger partial charge on any atom is 0.161 e. The molecule has 0 unspecified atom stereocenters. The van der Waals surface area contributed by atoms with Gasteiger partial charge in [0.1, 0.15) is 0 Å². The Morgan fingerprint density at radius 1 is 0.568 bits per heavy atom. The molecule has 9 aromatic rings. The predicted octanol–water partition coefficient (Wildman–Crippen LogP) is 10.9. The average molecular weight is 592 g/mol. The van der Waals surface area contributed by atoms with Crippen LogP contribution in [0.25, 0.3) is 81.6 Å². The molecular weight excluding hydrogens is 555 g/mol. The minimum Gasteiger partial charge on any atom is -0.309 e.